The van der Waals surface area contributed by atoms with E-state index in [1.165, 1.54) is 16.9 Å². The molecule has 1 fully saturated rings. The van der Waals surface area contributed by atoms with Crippen molar-refractivity contribution in [2.45, 2.75) is 43.3 Å². The average molecular weight is 272 g/mol. The molecule has 0 radical (unpaired) electrons. The van der Waals surface area contributed by atoms with Crippen LogP contribution in [0.4, 0.5) is 0 Å². The molecule has 0 aliphatic carbocycles. The highest BCUT2D eigenvalue weighted by Gasteiger charge is 2.36. The monoisotopic (exact) mass is 272 g/mol. The first-order valence-electron chi connectivity index (χ1n) is 6.18. The summed E-state index contributed by atoms with van der Waals surface area (Å²) in [5.41, 5.74) is 5.79. The van der Waals surface area contributed by atoms with E-state index in [-0.39, 0.29) is 17.1 Å². The summed E-state index contributed by atoms with van der Waals surface area (Å²) in [4.78, 5) is 0. The van der Waals surface area contributed by atoms with Crippen LogP contribution in [-0.4, -0.2) is 41.1 Å². The Balaban J connectivity index is 2.27. The third kappa shape index (κ3) is 2.43. The molecule has 18 heavy (non-hydrogen) atoms. The van der Waals surface area contributed by atoms with Crippen molar-refractivity contribution in [2.75, 3.05) is 6.54 Å². The smallest absolute Gasteiger partial charge is 0.260 e. The van der Waals surface area contributed by atoms with Crippen molar-refractivity contribution in [3.05, 3.63) is 12.3 Å². The Morgan fingerprint density at radius 1 is 1.61 bits per heavy atom. The Hall–Kier alpha value is -0.920. The highest BCUT2D eigenvalue weighted by atomic mass is 32.2. The summed E-state index contributed by atoms with van der Waals surface area (Å²) in [6, 6.07) is 1.57. The Morgan fingerprint density at radius 2 is 2.33 bits per heavy atom. The zero-order valence-electron chi connectivity index (χ0n) is 10.8. The molecule has 2 atom stereocenters. The Labute approximate surface area is 108 Å². The zero-order valence-corrected chi connectivity index (χ0v) is 11.6. The summed E-state index contributed by atoms with van der Waals surface area (Å²) >= 11 is 0. The van der Waals surface area contributed by atoms with Gasteiger partial charge in [0.05, 0.1) is 6.20 Å². The summed E-state index contributed by atoms with van der Waals surface area (Å²) in [6.45, 7) is 2.48. The van der Waals surface area contributed by atoms with Gasteiger partial charge in [-0.2, -0.15) is 9.40 Å². The van der Waals surface area contributed by atoms with Gasteiger partial charge in [-0.25, -0.2) is 8.42 Å². The third-order valence-corrected chi connectivity index (χ3v) is 5.34. The van der Waals surface area contributed by atoms with Crippen LogP contribution < -0.4 is 5.73 Å². The molecule has 1 aromatic rings. The van der Waals surface area contributed by atoms with Gasteiger partial charge in [0.2, 0.25) is 0 Å². The molecule has 0 spiro atoms. The molecule has 102 valence electrons. The maximum atomic E-state index is 12.5. The molecule has 2 N–H and O–H groups in total. The predicted octanol–water partition coefficient (Wildman–Crippen LogP) is 0.311. The summed E-state index contributed by atoms with van der Waals surface area (Å²) in [5, 5.41) is 4.18. The number of nitrogens with zero attached hydrogens (tertiary/aromatic N) is 3. The fourth-order valence-corrected chi connectivity index (χ4v) is 4.33. The molecule has 1 aliphatic heterocycles. The minimum atomic E-state index is -3.44. The molecular formula is C11H20N4O2S. The predicted molar refractivity (Wildman–Crippen MR) is 68.4 cm³/mol. The lowest BCUT2D eigenvalue weighted by atomic mass is 10.1. The minimum absolute atomic E-state index is 0.0114. The van der Waals surface area contributed by atoms with E-state index in [0.717, 1.165) is 12.8 Å². The molecule has 1 aliphatic rings. The van der Waals surface area contributed by atoms with E-state index in [4.69, 9.17) is 5.73 Å². The molecular weight excluding hydrogens is 252 g/mol. The van der Waals surface area contributed by atoms with E-state index in [9.17, 15) is 8.42 Å². The summed E-state index contributed by atoms with van der Waals surface area (Å²) < 4.78 is 28.0. The quantitative estimate of drug-likeness (QED) is 0.855. The average Bonchev–Trinajstić information content (AvgIpc) is 2.86. The van der Waals surface area contributed by atoms with Crippen LogP contribution in [0.15, 0.2) is 17.3 Å². The van der Waals surface area contributed by atoms with Crippen molar-refractivity contribution in [1.29, 1.82) is 0 Å². The zero-order chi connectivity index (χ0) is 13.3. The summed E-state index contributed by atoms with van der Waals surface area (Å²) in [5.74, 6) is 0. The standard InChI is InChI=1S/C11H20N4O2S/c1-9(12)8-10-4-3-7-15(10)18(16,17)11-5-6-13-14(11)2/h5-6,9-10H,3-4,7-8,12H2,1-2H3. The molecule has 0 amide bonds. The van der Waals surface area contributed by atoms with Crippen LogP contribution in [0, 0.1) is 0 Å². The van der Waals surface area contributed by atoms with Gasteiger partial charge in [-0.3, -0.25) is 4.68 Å². The van der Waals surface area contributed by atoms with Gasteiger partial charge in [-0.05, 0) is 32.3 Å². The maximum Gasteiger partial charge on any atom is 0.260 e. The first-order valence-corrected chi connectivity index (χ1v) is 7.62. The maximum absolute atomic E-state index is 12.5. The van der Waals surface area contributed by atoms with Crippen molar-refractivity contribution < 1.29 is 8.42 Å². The van der Waals surface area contributed by atoms with E-state index in [2.05, 4.69) is 5.10 Å². The van der Waals surface area contributed by atoms with Gasteiger partial charge in [0, 0.05) is 25.7 Å². The summed E-state index contributed by atoms with van der Waals surface area (Å²) in [6.07, 6.45) is 3.99. The number of nitrogens with two attached hydrogens (primary N) is 1. The van der Waals surface area contributed by atoms with Crippen molar-refractivity contribution in [1.82, 2.24) is 14.1 Å². The van der Waals surface area contributed by atoms with Crippen LogP contribution in [-0.2, 0) is 17.1 Å². The molecule has 7 heteroatoms. The first kappa shape index (κ1) is 13.5. The molecule has 2 rings (SSSR count). The first-order chi connectivity index (χ1) is 8.43. The van der Waals surface area contributed by atoms with E-state index in [1.54, 1.807) is 11.4 Å². The number of rotatable bonds is 4. The molecule has 0 aromatic carbocycles. The second-order valence-electron chi connectivity index (χ2n) is 4.92. The van der Waals surface area contributed by atoms with Crippen molar-refractivity contribution in [3.63, 3.8) is 0 Å². The van der Waals surface area contributed by atoms with E-state index in [0.29, 0.717) is 13.0 Å². The van der Waals surface area contributed by atoms with Crippen LogP contribution in [0.25, 0.3) is 0 Å². The number of hydrogen-bond donors (Lipinski definition) is 1. The van der Waals surface area contributed by atoms with Gasteiger partial charge >= 0.3 is 0 Å². The van der Waals surface area contributed by atoms with Crippen molar-refractivity contribution in [2.24, 2.45) is 12.8 Å². The van der Waals surface area contributed by atoms with E-state index >= 15 is 0 Å². The van der Waals surface area contributed by atoms with E-state index in [1.807, 2.05) is 6.92 Å². The van der Waals surface area contributed by atoms with Crippen molar-refractivity contribution in [3.8, 4) is 0 Å². The molecule has 6 nitrogen and oxygen atoms in total. The van der Waals surface area contributed by atoms with Gasteiger partial charge in [0.25, 0.3) is 10.0 Å². The molecule has 2 unspecified atom stereocenters. The minimum Gasteiger partial charge on any atom is -0.328 e. The number of aryl methyl sites for hydroxylation is 1. The van der Waals surface area contributed by atoms with E-state index < -0.39 is 10.0 Å². The second-order valence-corrected chi connectivity index (χ2v) is 6.76. The molecule has 1 saturated heterocycles. The van der Waals surface area contributed by atoms with Gasteiger partial charge in [0.15, 0.2) is 5.03 Å². The van der Waals surface area contributed by atoms with Crippen LogP contribution in [0.1, 0.15) is 26.2 Å². The molecule has 0 saturated carbocycles. The highest BCUT2D eigenvalue weighted by Crippen LogP contribution is 2.27. The fraction of sp³-hybridized carbons (Fsp3) is 0.727. The summed E-state index contributed by atoms with van der Waals surface area (Å²) in [7, 11) is -1.80. The largest absolute Gasteiger partial charge is 0.328 e. The SMILES string of the molecule is CC(N)CC1CCCN1S(=O)(=O)c1ccnn1C. The van der Waals surface area contributed by atoms with Gasteiger partial charge < -0.3 is 5.73 Å². The highest BCUT2D eigenvalue weighted by molar-refractivity contribution is 7.89. The number of aromatic nitrogens is 2. The van der Waals surface area contributed by atoms with Crippen LogP contribution in [0.5, 0.6) is 0 Å². The molecule has 1 aromatic heterocycles. The Kier molecular flexibility index (Phi) is 3.74. The van der Waals surface area contributed by atoms with Gasteiger partial charge in [0.1, 0.15) is 0 Å². The number of sulfonamides is 1. The van der Waals surface area contributed by atoms with Gasteiger partial charge in [-0.1, -0.05) is 0 Å². The number of hydrogen-bond acceptors (Lipinski definition) is 4. The molecule has 2 heterocycles. The Morgan fingerprint density at radius 3 is 2.89 bits per heavy atom. The lowest BCUT2D eigenvalue weighted by Gasteiger charge is -2.25. The van der Waals surface area contributed by atoms with Crippen LogP contribution >= 0.6 is 0 Å². The van der Waals surface area contributed by atoms with Gasteiger partial charge in [-0.15, -0.1) is 0 Å². The van der Waals surface area contributed by atoms with Crippen LogP contribution in [0.2, 0.25) is 0 Å². The normalized spacial score (nSPS) is 23.4. The Bertz CT molecular complexity index is 509. The topological polar surface area (TPSA) is 81.2 Å². The lowest BCUT2D eigenvalue weighted by Crippen LogP contribution is -2.39. The third-order valence-electron chi connectivity index (χ3n) is 3.32. The second kappa shape index (κ2) is 4.99. The molecule has 0 bridgehead atoms. The fourth-order valence-electron chi connectivity index (χ4n) is 2.53. The lowest BCUT2D eigenvalue weighted by molar-refractivity contribution is 0.352. The van der Waals surface area contributed by atoms with Crippen LogP contribution in [0.3, 0.4) is 0 Å². The van der Waals surface area contributed by atoms with Crippen molar-refractivity contribution >= 4 is 10.0 Å².